The molecule has 0 spiro atoms. The molecule has 0 saturated carbocycles. The van der Waals surface area contributed by atoms with Crippen molar-refractivity contribution in [1.82, 2.24) is 4.33 Å². The lowest BCUT2D eigenvalue weighted by Gasteiger charge is -2.23. The second kappa shape index (κ2) is 6.35. The van der Waals surface area contributed by atoms with Crippen LogP contribution >= 0.6 is 0 Å². The molecule has 18 heavy (non-hydrogen) atoms. The molecule has 1 rings (SSSR count). The number of rotatable bonds is 6. The van der Waals surface area contributed by atoms with Gasteiger partial charge in [0.2, 0.25) is 10.0 Å². The highest BCUT2D eigenvalue weighted by molar-refractivity contribution is 7.90. The van der Waals surface area contributed by atoms with Gasteiger partial charge in [0.05, 0.1) is 18.5 Å². The molecule has 8 heteroatoms. The van der Waals surface area contributed by atoms with E-state index < -0.39 is 17.1 Å². The van der Waals surface area contributed by atoms with Gasteiger partial charge in [0.1, 0.15) is 0 Å². The second-order valence-corrected chi connectivity index (χ2v) is 6.21. The summed E-state index contributed by atoms with van der Waals surface area (Å²) >= 11 is 0. The Labute approximate surface area is 109 Å². The fourth-order valence-electron chi connectivity index (χ4n) is 1.43. The van der Waals surface area contributed by atoms with Gasteiger partial charge in [0.15, 0.2) is 0 Å². The average molecular weight is 274 g/mol. The van der Waals surface area contributed by atoms with Crippen LogP contribution in [0.3, 0.4) is 0 Å². The van der Waals surface area contributed by atoms with Crippen LogP contribution in [0.15, 0.2) is 16.6 Å². The van der Waals surface area contributed by atoms with Gasteiger partial charge in [0, 0.05) is 6.21 Å². The second-order valence-electron chi connectivity index (χ2n) is 4.26. The van der Waals surface area contributed by atoms with Crippen molar-refractivity contribution in [1.29, 1.82) is 0 Å². The number of nitrogens with zero attached hydrogens (tertiary/aromatic N) is 2. The molecule has 0 aromatic rings. The predicted octanol–water partition coefficient (Wildman–Crippen LogP) is 0.399. The first-order chi connectivity index (χ1) is 8.36. The van der Waals surface area contributed by atoms with E-state index in [2.05, 4.69) is 5.10 Å². The number of hydrogen-bond donors (Lipinski definition) is 1. The van der Waals surface area contributed by atoms with Crippen molar-refractivity contribution in [2.45, 2.75) is 33.3 Å². The Kier molecular flexibility index (Phi) is 5.37. The Bertz CT molecular complexity index is 433. The molecule has 0 amide bonds. The van der Waals surface area contributed by atoms with E-state index in [-0.39, 0.29) is 18.5 Å². The SMILES string of the molecule is CCC1=CB(O)N(S(=O)(=O)CCOC(C)C)N=C1. The minimum Gasteiger partial charge on any atom is -0.427 e. The predicted molar refractivity (Wildman–Crippen MR) is 71.6 cm³/mol. The van der Waals surface area contributed by atoms with E-state index in [1.807, 2.05) is 20.8 Å². The number of hydrogen-bond acceptors (Lipinski definition) is 5. The summed E-state index contributed by atoms with van der Waals surface area (Å²) in [6.07, 6.45) is 2.12. The smallest absolute Gasteiger partial charge is 0.427 e. The molecule has 0 fully saturated rings. The maximum Gasteiger partial charge on any atom is 0.476 e. The summed E-state index contributed by atoms with van der Waals surface area (Å²) in [7, 11) is -4.87. The van der Waals surface area contributed by atoms with E-state index in [1.165, 1.54) is 12.2 Å². The maximum absolute atomic E-state index is 11.9. The Morgan fingerprint density at radius 1 is 1.56 bits per heavy atom. The zero-order chi connectivity index (χ0) is 13.8. The highest BCUT2D eigenvalue weighted by Crippen LogP contribution is 2.13. The highest BCUT2D eigenvalue weighted by Gasteiger charge is 2.32. The first kappa shape index (κ1) is 15.2. The Hall–Kier alpha value is -0.855. The average Bonchev–Trinajstić information content (AvgIpc) is 2.27. The fourth-order valence-corrected chi connectivity index (χ4v) is 2.50. The lowest BCUT2D eigenvalue weighted by molar-refractivity contribution is 0.0909. The van der Waals surface area contributed by atoms with Crippen molar-refractivity contribution in [3.8, 4) is 0 Å². The molecule has 0 unspecified atom stereocenters. The first-order valence-electron chi connectivity index (χ1n) is 5.93. The summed E-state index contributed by atoms with van der Waals surface area (Å²) < 4.78 is 29.7. The van der Waals surface area contributed by atoms with Crippen LogP contribution in [0.4, 0.5) is 0 Å². The Morgan fingerprint density at radius 3 is 2.72 bits per heavy atom. The molecule has 102 valence electrons. The largest absolute Gasteiger partial charge is 0.476 e. The monoisotopic (exact) mass is 274 g/mol. The first-order valence-corrected chi connectivity index (χ1v) is 7.54. The van der Waals surface area contributed by atoms with E-state index in [0.29, 0.717) is 6.42 Å². The van der Waals surface area contributed by atoms with Crippen molar-refractivity contribution >= 4 is 23.3 Å². The number of sulfonamides is 1. The zero-order valence-corrected chi connectivity index (χ0v) is 11.7. The van der Waals surface area contributed by atoms with Gasteiger partial charge >= 0.3 is 7.05 Å². The zero-order valence-electron chi connectivity index (χ0n) is 10.9. The number of allylic oxidation sites excluding steroid dienone is 1. The van der Waals surface area contributed by atoms with Gasteiger partial charge < -0.3 is 9.76 Å². The Balaban J connectivity index is 2.64. The van der Waals surface area contributed by atoms with Crippen molar-refractivity contribution in [3.63, 3.8) is 0 Å². The normalized spacial score (nSPS) is 16.4. The van der Waals surface area contributed by atoms with Crippen LogP contribution in [-0.2, 0) is 14.8 Å². The van der Waals surface area contributed by atoms with Crippen molar-refractivity contribution in [2.75, 3.05) is 12.4 Å². The molecular weight excluding hydrogens is 255 g/mol. The van der Waals surface area contributed by atoms with E-state index in [1.54, 1.807) is 0 Å². The molecule has 0 saturated heterocycles. The quantitative estimate of drug-likeness (QED) is 0.711. The Morgan fingerprint density at radius 2 is 2.22 bits per heavy atom. The minimum atomic E-state index is -3.64. The van der Waals surface area contributed by atoms with Gasteiger partial charge in [-0.05, 0) is 25.8 Å². The maximum atomic E-state index is 11.9. The van der Waals surface area contributed by atoms with E-state index in [4.69, 9.17) is 4.74 Å². The minimum absolute atomic E-state index is 0.0263. The summed E-state index contributed by atoms with van der Waals surface area (Å²) in [5.41, 5.74) is 0.812. The van der Waals surface area contributed by atoms with Crippen molar-refractivity contribution < 1.29 is 18.2 Å². The number of ether oxygens (including phenoxy) is 1. The molecule has 0 aromatic carbocycles. The third-order valence-corrected chi connectivity index (χ3v) is 3.98. The van der Waals surface area contributed by atoms with Gasteiger partial charge in [-0.15, -0.1) is 0 Å². The van der Waals surface area contributed by atoms with Gasteiger partial charge in [0.25, 0.3) is 0 Å². The highest BCUT2D eigenvalue weighted by atomic mass is 32.2. The molecular formula is C10H19BN2O4S. The lowest BCUT2D eigenvalue weighted by atomic mass is 9.81. The molecule has 1 aliphatic rings. The molecule has 1 N–H and O–H groups in total. The molecule has 0 radical (unpaired) electrons. The summed E-state index contributed by atoms with van der Waals surface area (Å²) in [4.78, 5) is 0. The molecule has 6 nitrogen and oxygen atoms in total. The van der Waals surface area contributed by atoms with Crippen LogP contribution in [0.1, 0.15) is 27.2 Å². The van der Waals surface area contributed by atoms with Gasteiger partial charge in [-0.25, -0.2) is 12.7 Å². The van der Waals surface area contributed by atoms with Crippen LogP contribution in [0.5, 0.6) is 0 Å². The van der Waals surface area contributed by atoms with Gasteiger partial charge in [-0.2, -0.15) is 5.10 Å². The molecule has 0 atom stereocenters. The van der Waals surface area contributed by atoms with E-state index in [9.17, 15) is 13.4 Å². The van der Waals surface area contributed by atoms with Crippen LogP contribution in [0, 0.1) is 0 Å². The molecule has 1 heterocycles. The van der Waals surface area contributed by atoms with Crippen LogP contribution in [0.25, 0.3) is 0 Å². The topological polar surface area (TPSA) is 79.2 Å². The lowest BCUT2D eigenvalue weighted by Crippen LogP contribution is -2.43. The molecule has 1 aliphatic heterocycles. The summed E-state index contributed by atoms with van der Waals surface area (Å²) in [5.74, 6) is 1.28. The third-order valence-electron chi connectivity index (χ3n) is 2.41. The van der Waals surface area contributed by atoms with Crippen LogP contribution in [-0.4, -0.2) is 49.5 Å². The van der Waals surface area contributed by atoms with Crippen molar-refractivity contribution in [3.05, 3.63) is 11.5 Å². The van der Waals surface area contributed by atoms with Crippen LogP contribution < -0.4 is 0 Å². The van der Waals surface area contributed by atoms with Crippen LogP contribution in [0.2, 0.25) is 0 Å². The molecule has 0 aliphatic carbocycles. The fraction of sp³-hybridized carbons (Fsp3) is 0.700. The van der Waals surface area contributed by atoms with Gasteiger partial charge in [-0.1, -0.05) is 12.9 Å². The summed E-state index contributed by atoms with van der Waals surface area (Å²) in [6.45, 7) is 5.65. The van der Waals surface area contributed by atoms with E-state index >= 15 is 0 Å². The summed E-state index contributed by atoms with van der Waals surface area (Å²) in [5, 5.41) is 13.5. The van der Waals surface area contributed by atoms with E-state index in [0.717, 1.165) is 9.90 Å². The van der Waals surface area contributed by atoms with Crippen molar-refractivity contribution in [2.24, 2.45) is 5.10 Å². The van der Waals surface area contributed by atoms with Gasteiger partial charge in [-0.3, -0.25) is 0 Å². The third kappa shape index (κ3) is 4.11. The summed E-state index contributed by atoms with van der Waals surface area (Å²) in [6, 6.07) is 0. The number of hydrazone groups is 1. The molecule has 0 bridgehead atoms. The standard InChI is InChI=1S/C10H19BN2O4S/c1-4-10-7-11(14)13(12-8-10)18(15,16)6-5-17-9(2)3/h7-9,14H,4-6H2,1-3H3. The molecule has 0 aromatic heterocycles.